The number of rotatable bonds is 4. The van der Waals surface area contributed by atoms with Crippen LogP contribution in [-0.4, -0.2) is 40.6 Å². The number of likely N-dealkylation sites (tertiary alicyclic amines) is 1. The van der Waals surface area contributed by atoms with Gasteiger partial charge in [-0.05, 0) is 42.6 Å². The third kappa shape index (κ3) is 4.29. The molecule has 0 aliphatic carbocycles. The molecule has 1 saturated heterocycles. The van der Waals surface area contributed by atoms with E-state index in [9.17, 15) is 4.79 Å². The molecule has 29 heavy (non-hydrogen) atoms. The van der Waals surface area contributed by atoms with Crippen molar-refractivity contribution in [1.29, 1.82) is 0 Å². The van der Waals surface area contributed by atoms with Gasteiger partial charge in [-0.25, -0.2) is 0 Å². The Morgan fingerprint density at radius 3 is 2.79 bits per heavy atom. The molecule has 1 fully saturated rings. The van der Waals surface area contributed by atoms with E-state index in [1.807, 2.05) is 35.2 Å². The summed E-state index contributed by atoms with van der Waals surface area (Å²) in [7, 11) is 0. The Kier molecular flexibility index (Phi) is 6.27. The van der Waals surface area contributed by atoms with Crippen molar-refractivity contribution in [3.8, 4) is 22.8 Å². The third-order valence-electron chi connectivity index (χ3n) is 5.23. The molecule has 2 aromatic carbocycles. The van der Waals surface area contributed by atoms with Gasteiger partial charge in [0.2, 0.25) is 5.82 Å². The van der Waals surface area contributed by atoms with E-state index in [2.05, 4.69) is 17.1 Å². The van der Waals surface area contributed by atoms with E-state index in [1.54, 1.807) is 18.2 Å². The average Bonchev–Trinajstić information content (AvgIpc) is 3.35. The molecule has 1 amide bonds. The number of hydrogen-bond donors (Lipinski definition) is 1. The molecule has 3 aromatic rings. The number of carbonyl (C=O) groups is 1. The largest absolute Gasteiger partial charge is 0.338 e. The van der Waals surface area contributed by atoms with E-state index in [-0.39, 0.29) is 23.7 Å². The minimum Gasteiger partial charge on any atom is -0.338 e. The zero-order valence-electron chi connectivity index (χ0n) is 16.0. The topological polar surface area (TPSA) is 85.2 Å². The Morgan fingerprint density at radius 2 is 2.07 bits per heavy atom. The van der Waals surface area contributed by atoms with Gasteiger partial charge in [0.15, 0.2) is 0 Å². The molecule has 8 heteroatoms. The first-order valence-electron chi connectivity index (χ1n) is 9.17. The van der Waals surface area contributed by atoms with Gasteiger partial charge in [-0.3, -0.25) is 4.79 Å². The minimum absolute atomic E-state index is 0. The van der Waals surface area contributed by atoms with E-state index < -0.39 is 0 Å². The second kappa shape index (κ2) is 8.53. The van der Waals surface area contributed by atoms with Gasteiger partial charge in [0, 0.05) is 23.7 Å². The summed E-state index contributed by atoms with van der Waals surface area (Å²) in [6.07, 6.45) is 0.900. The Morgan fingerprint density at radius 1 is 1.28 bits per heavy atom. The van der Waals surface area contributed by atoms with Crippen LogP contribution < -0.4 is 5.73 Å². The van der Waals surface area contributed by atoms with Crippen LogP contribution in [0, 0.1) is 5.41 Å². The van der Waals surface area contributed by atoms with E-state index >= 15 is 0 Å². The van der Waals surface area contributed by atoms with Gasteiger partial charge in [-0.2, -0.15) is 4.98 Å². The number of nitrogens with two attached hydrogens (primary N) is 1. The van der Waals surface area contributed by atoms with Crippen LogP contribution in [0.2, 0.25) is 5.02 Å². The van der Waals surface area contributed by atoms with Gasteiger partial charge in [-0.15, -0.1) is 12.4 Å². The van der Waals surface area contributed by atoms with E-state index in [0.29, 0.717) is 47.5 Å². The highest BCUT2D eigenvalue weighted by Gasteiger charge is 2.36. The van der Waals surface area contributed by atoms with Crippen molar-refractivity contribution in [2.75, 3.05) is 19.6 Å². The zero-order chi connectivity index (χ0) is 19.7. The zero-order valence-corrected chi connectivity index (χ0v) is 17.5. The van der Waals surface area contributed by atoms with E-state index in [0.717, 1.165) is 12.0 Å². The maximum absolute atomic E-state index is 13.1. The number of aromatic nitrogens is 2. The summed E-state index contributed by atoms with van der Waals surface area (Å²) in [5.41, 5.74) is 7.77. The molecule has 1 atom stereocenters. The van der Waals surface area contributed by atoms with Gasteiger partial charge < -0.3 is 15.2 Å². The lowest BCUT2D eigenvalue weighted by atomic mass is 9.90. The number of benzene rings is 2. The quantitative estimate of drug-likeness (QED) is 0.664. The predicted octanol–water partition coefficient (Wildman–Crippen LogP) is 4.29. The molecule has 1 aromatic heterocycles. The fourth-order valence-electron chi connectivity index (χ4n) is 3.47. The fraction of sp³-hybridized carbons (Fsp3) is 0.286. The highest BCUT2D eigenvalue weighted by atomic mass is 35.5. The Hall–Kier alpha value is -2.41. The van der Waals surface area contributed by atoms with Crippen molar-refractivity contribution in [3.63, 3.8) is 0 Å². The van der Waals surface area contributed by atoms with Crippen LogP contribution in [0.5, 0.6) is 0 Å². The monoisotopic (exact) mass is 432 g/mol. The van der Waals surface area contributed by atoms with E-state index in [4.69, 9.17) is 21.9 Å². The summed E-state index contributed by atoms with van der Waals surface area (Å²) >= 11 is 6.05. The van der Waals surface area contributed by atoms with Gasteiger partial charge >= 0.3 is 0 Å². The van der Waals surface area contributed by atoms with Crippen LogP contribution >= 0.6 is 24.0 Å². The molecule has 0 spiro atoms. The van der Waals surface area contributed by atoms with Crippen LogP contribution in [0.3, 0.4) is 0 Å². The lowest BCUT2D eigenvalue weighted by Gasteiger charge is -2.23. The van der Waals surface area contributed by atoms with Crippen molar-refractivity contribution in [3.05, 3.63) is 59.1 Å². The first kappa shape index (κ1) is 21.3. The maximum Gasteiger partial charge on any atom is 0.259 e. The normalized spacial score (nSPS) is 18.5. The second-order valence-corrected chi connectivity index (χ2v) is 7.91. The predicted molar refractivity (Wildman–Crippen MR) is 115 cm³/mol. The van der Waals surface area contributed by atoms with Gasteiger partial charge in [0.25, 0.3) is 11.8 Å². The van der Waals surface area contributed by atoms with Gasteiger partial charge in [0.05, 0.1) is 11.1 Å². The first-order valence-corrected chi connectivity index (χ1v) is 9.55. The van der Waals surface area contributed by atoms with Crippen molar-refractivity contribution < 1.29 is 9.32 Å². The highest BCUT2D eigenvalue weighted by Crippen LogP contribution is 2.32. The molecule has 1 aliphatic heterocycles. The van der Waals surface area contributed by atoms with Crippen molar-refractivity contribution in [1.82, 2.24) is 15.0 Å². The second-order valence-electron chi connectivity index (χ2n) is 7.47. The van der Waals surface area contributed by atoms with Crippen molar-refractivity contribution in [2.24, 2.45) is 11.1 Å². The Bertz CT molecular complexity index is 1020. The minimum atomic E-state index is -0.0460. The van der Waals surface area contributed by atoms with E-state index in [1.165, 1.54) is 0 Å². The third-order valence-corrected chi connectivity index (χ3v) is 5.47. The molecule has 0 saturated carbocycles. The number of carbonyl (C=O) groups excluding carboxylic acids is 1. The Labute approximate surface area is 180 Å². The summed E-state index contributed by atoms with van der Waals surface area (Å²) in [6.45, 7) is 4.01. The summed E-state index contributed by atoms with van der Waals surface area (Å²) in [6, 6.07) is 14.5. The molecule has 0 radical (unpaired) electrons. The lowest BCUT2D eigenvalue weighted by molar-refractivity contribution is 0.0777. The summed E-state index contributed by atoms with van der Waals surface area (Å²) in [5, 5.41) is 4.65. The maximum atomic E-state index is 13.1. The van der Waals surface area contributed by atoms with Crippen LogP contribution in [-0.2, 0) is 0 Å². The van der Waals surface area contributed by atoms with Crippen LogP contribution in [0.25, 0.3) is 22.8 Å². The molecular formula is C21H22Cl2N4O2. The summed E-state index contributed by atoms with van der Waals surface area (Å²) < 4.78 is 5.47. The number of nitrogens with zero attached hydrogens (tertiary/aromatic N) is 3. The standard InChI is InChI=1S/C21H21ClN4O2.ClH/c1-21(12-23)9-10-26(13-21)20(27)17-8-3-2-7-16(17)19-24-18(25-28-19)14-5-4-6-15(22)11-14;/h2-8,11H,9-10,12-13,23H2,1H3;1H. The average molecular weight is 433 g/mol. The number of halogens is 2. The summed E-state index contributed by atoms with van der Waals surface area (Å²) in [4.78, 5) is 19.5. The summed E-state index contributed by atoms with van der Waals surface area (Å²) in [5.74, 6) is 0.687. The molecule has 1 unspecified atom stereocenters. The highest BCUT2D eigenvalue weighted by molar-refractivity contribution is 6.30. The van der Waals surface area contributed by atoms with Gasteiger partial charge in [-0.1, -0.05) is 47.9 Å². The van der Waals surface area contributed by atoms with Gasteiger partial charge in [0.1, 0.15) is 0 Å². The molecule has 0 bridgehead atoms. The van der Waals surface area contributed by atoms with Crippen LogP contribution in [0.1, 0.15) is 23.7 Å². The first-order chi connectivity index (χ1) is 13.5. The smallest absolute Gasteiger partial charge is 0.259 e. The SMILES string of the molecule is CC1(CN)CCN(C(=O)c2ccccc2-c2nc(-c3cccc(Cl)c3)no2)C1.Cl. The molecule has 152 valence electrons. The number of amides is 1. The lowest BCUT2D eigenvalue weighted by Crippen LogP contribution is -2.34. The molecule has 1 aliphatic rings. The van der Waals surface area contributed by atoms with Crippen LogP contribution in [0.4, 0.5) is 0 Å². The molecular weight excluding hydrogens is 411 g/mol. The molecule has 4 rings (SSSR count). The Balaban J connectivity index is 0.00000240. The van der Waals surface area contributed by atoms with Crippen molar-refractivity contribution >= 4 is 29.9 Å². The fourth-order valence-corrected chi connectivity index (χ4v) is 3.66. The molecule has 2 N–H and O–H groups in total. The number of hydrogen-bond acceptors (Lipinski definition) is 5. The molecule has 2 heterocycles. The molecule has 6 nitrogen and oxygen atoms in total. The van der Waals surface area contributed by atoms with Crippen molar-refractivity contribution in [2.45, 2.75) is 13.3 Å². The van der Waals surface area contributed by atoms with Crippen LogP contribution in [0.15, 0.2) is 53.1 Å².